The fraction of sp³-hybridized carbons (Fsp3) is 0.579. The van der Waals surface area contributed by atoms with Crippen LogP contribution >= 0.6 is 0 Å². The molecule has 2 rings (SSSR count). The number of aryl methyl sites for hydroxylation is 1. The van der Waals surface area contributed by atoms with Gasteiger partial charge in [-0.2, -0.15) is 0 Å². The van der Waals surface area contributed by atoms with E-state index in [0.29, 0.717) is 44.1 Å². The minimum atomic E-state index is -3.59. The van der Waals surface area contributed by atoms with E-state index in [-0.39, 0.29) is 29.5 Å². The first-order valence-electron chi connectivity index (χ1n) is 9.59. The van der Waals surface area contributed by atoms with Crippen molar-refractivity contribution in [3.63, 3.8) is 0 Å². The highest BCUT2D eigenvalue weighted by molar-refractivity contribution is 7.89. The van der Waals surface area contributed by atoms with Gasteiger partial charge in [0, 0.05) is 32.2 Å². The molecule has 1 heterocycles. The van der Waals surface area contributed by atoms with Crippen LogP contribution in [0.1, 0.15) is 26.3 Å². The molecular formula is C19H29N3O6S. The molecule has 162 valence electrons. The Kier molecular flexibility index (Phi) is 7.86. The Morgan fingerprint density at radius 2 is 1.76 bits per heavy atom. The minimum Gasteiger partial charge on any atom is -0.483 e. The molecule has 1 aliphatic rings. The van der Waals surface area contributed by atoms with E-state index in [4.69, 9.17) is 9.47 Å². The highest BCUT2D eigenvalue weighted by Crippen LogP contribution is 2.22. The molecule has 1 aliphatic heterocycles. The Labute approximate surface area is 172 Å². The molecule has 29 heavy (non-hydrogen) atoms. The van der Waals surface area contributed by atoms with E-state index in [9.17, 15) is 18.0 Å². The van der Waals surface area contributed by atoms with Gasteiger partial charge in [0.1, 0.15) is 5.75 Å². The zero-order chi connectivity index (χ0) is 21.6. The third-order valence-electron chi connectivity index (χ3n) is 4.36. The Morgan fingerprint density at radius 1 is 1.14 bits per heavy atom. The van der Waals surface area contributed by atoms with Crippen LogP contribution in [-0.4, -0.2) is 75.7 Å². The largest absolute Gasteiger partial charge is 0.483 e. The van der Waals surface area contributed by atoms with Gasteiger partial charge in [0.2, 0.25) is 10.0 Å². The van der Waals surface area contributed by atoms with E-state index in [1.165, 1.54) is 12.1 Å². The molecule has 0 saturated carbocycles. The summed E-state index contributed by atoms with van der Waals surface area (Å²) in [5.74, 6) is 0.262. The first-order valence-corrected chi connectivity index (χ1v) is 11.1. The molecule has 0 bridgehead atoms. The third-order valence-corrected chi connectivity index (χ3v) is 6.01. The van der Waals surface area contributed by atoms with Crippen LogP contribution in [0.4, 0.5) is 4.79 Å². The van der Waals surface area contributed by atoms with Gasteiger partial charge in [-0.05, 0) is 51.5 Å². The molecule has 10 heteroatoms. The number of piperazine rings is 1. The number of rotatable bonds is 7. The fourth-order valence-electron chi connectivity index (χ4n) is 2.91. The van der Waals surface area contributed by atoms with E-state index in [1.54, 1.807) is 43.6 Å². The lowest BCUT2D eigenvalue weighted by molar-refractivity contribution is -0.134. The van der Waals surface area contributed by atoms with Crippen molar-refractivity contribution in [2.24, 2.45) is 0 Å². The van der Waals surface area contributed by atoms with Gasteiger partial charge in [0.25, 0.3) is 5.91 Å². The number of ether oxygens (including phenoxy) is 2. The normalized spacial score (nSPS) is 14.8. The van der Waals surface area contributed by atoms with Crippen LogP contribution in [0.3, 0.4) is 0 Å². The molecule has 0 spiro atoms. The summed E-state index contributed by atoms with van der Waals surface area (Å²) in [6.07, 6.45) is -0.367. The predicted molar refractivity (Wildman–Crippen MR) is 107 cm³/mol. The number of carbonyl (C=O) groups excluding carboxylic acids is 2. The van der Waals surface area contributed by atoms with Gasteiger partial charge < -0.3 is 19.3 Å². The predicted octanol–water partition coefficient (Wildman–Crippen LogP) is 1.36. The quantitative estimate of drug-likeness (QED) is 0.704. The van der Waals surface area contributed by atoms with Crippen LogP contribution < -0.4 is 9.46 Å². The maximum Gasteiger partial charge on any atom is 0.409 e. The average molecular weight is 428 g/mol. The summed E-state index contributed by atoms with van der Waals surface area (Å²) in [5.41, 5.74) is 0.622. The summed E-state index contributed by atoms with van der Waals surface area (Å²) in [6, 6.07) is 4.31. The molecule has 0 atom stereocenters. The minimum absolute atomic E-state index is 0.150. The van der Waals surface area contributed by atoms with Gasteiger partial charge in [-0.25, -0.2) is 17.9 Å². The molecule has 1 aromatic rings. The van der Waals surface area contributed by atoms with E-state index in [2.05, 4.69) is 4.72 Å². The van der Waals surface area contributed by atoms with Gasteiger partial charge in [-0.1, -0.05) is 0 Å². The second-order valence-corrected chi connectivity index (χ2v) is 8.77. The molecule has 0 unspecified atom stereocenters. The second-order valence-electron chi connectivity index (χ2n) is 7.06. The smallest absolute Gasteiger partial charge is 0.409 e. The van der Waals surface area contributed by atoms with Crippen molar-refractivity contribution in [2.45, 2.75) is 38.6 Å². The molecular weight excluding hydrogens is 398 g/mol. The first-order chi connectivity index (χ1) is 13.6. The fourth-order valence-corrected chi connectivity index (χ4v) is 4.25. The number of hydrogen-bond donors (Lipinski definition) is 1. The zero-order valence-electron chi connectivity index (χ0n) is 17.3. The number of carbonyl (C=O) groups is 2. The summed E-state index contributed by atoms with van der Waals surface area (Å²) in [5, 5.41) is 0. The third kappa shape index (κ3) is 6.33. The summed E-state index contributed by atoms with van der Waals surface area (Å²) in [4.78, 5) is 27.5. The SMILES string of the molecule is CCOC(=O)N1CCN(C(=O)COc2ccc(S(=O)(=O)NC(C)C)cc2C)CC1. The van der Waals surface area contributed by atoms with Crippen molar-refractivity contribution >= 4 is 22.0 Å². The van der Waals surface area contributed by atoms with Gasteiger partial charge in [-0.15, -0.1) is 0 Å². The molecule has 1 fully saturated rings. The maximum absolute atomic E-state index is 12.4. The summed E-state index contributed by atoms with van der Waals surface area (Å²) >= 11 is 0. The summed E-state index contributed by atoms with van der Waals surface area (Å²) in [7, 11) is -3.59. The Morgan fingerprint density at radius 3 is 2.31 bits per heavy atom. The maximum atomic E-state index is 12.4. The number of amides is 2. The van der Waals surface area contributed by atoms with Crippen LogP contribution in [0.25, 0.3) is 0 Å². The molecule has 0 aromatic heterocycles. The lowest BCUT2D eigenvalue weighted by Gasteiger charge is -2.34. The average Bonchev–Trinajstić information content (AvgIpc) is 2.66. The van der Waals surface area contributed by atoms with E-state index in [1.807, 2.05) is 0 Å². The van der Waals surface area contributed by atoms with E-state index >= 15 is 0 Å². The van der Waals surface area contributed by atoms with Crippen LogP contribution in [0.2, 0.25) is 0 Å². The van der Waals surface area contributed by atoms with Crippen LogP contribution in [0.5, 0.6) is 5.75 Å². The van der Waals surface area contributed by atoms with Gasteiger partial charge in [-0.3, -0.25) is 4.79 Å². The highest BCUT2D eigenvalue weighted by atomic mass is 32.2. The van der Waals surface area contributed by atoms with E-state index in [0.717, 1.165) is 0 Å². The van der Waals surface area contributed by atoms with Crippen molar-refractivity contribution in [3.8, 4) is 5.75 Å². The van der Waals surface area contributed by atoms with Crippen LogP contribution in [0.15, 0.2) is 23.1 Å². The Bertz CT molecular complexity index is 832. The Hall–Kier alpha value is -2.33. The summed E-state index contributed by atoms with van der Waals surface area (Å²) < 4.78 is 37.6. The first kappa shape index (κ1) is 23.0. The number of benzene rings is 1. The van der Waals surface area contributed by atoms with Gasteiger partial charge in [0.05, 0.1) is 11.5 Å². The molecule has 0 aliphatic carbocycles. The lowest BCUT2D eigenvalue weighted by atomic mass is 10.2. The van der Waals surface area contributed by atoms with Crippen LogP contribution in [0, 0.1) is 6.92 Å². The molecule has 1 saturated heterocycles. The van der Waals surface area contributed by atoms with Crippen molar-refractivity contribution < 1.29 is 27.5 Å². The molecule has 1 aromatic carbocycles. The molecule has 9 nitrogen and oxygen atoms in total. The zero-order valence-corrected chi connectivity index (χ0v) is 18.1. The topological polar surface area (TPSA) is 105 Å². The highest BCUT2D eigenvalue weighted by Gasteiger charge is 2.25. The molecule has 1 N–H and O–H groups in total. The van der Waals surface area contributed by atoms with Gasteiger partial charge in [0.15, 0.2) is 6.61 Å². The van der Waals surface area contributed by atoms with E-state index < -0.39 is 10.0 Å². The second kappa shape index (κ2) is 9.93. The number of nitrogens with one attached hydrogen (secondary N) is 1. The van der Waals surface area contributed by atoms with Crippen molar-refractivity contribution in [3.05, 3.63) is 23.8 Å². The van der Waals surface area contributed by atoms with Gasteiger partial charge >= 0.3 is 6.09 Å². The van der Waals surface area contributed by atoms with Crippen molar-refractivity contribution in [2.75, 3.05) is 39.4 Å². The van der Waals surface area contributed by atoms with Crippen molar-refractivity contribution in [1.82, 2.24) is 14.5 Å². The standard InChI is InChI=1S/C19H29N3O6S/c1-5-27-19(24)22-10-8-21(9-11-22)18(23)13-28-17-7-6-16(12-15(17)4)29(25,26)20-14(2)3/h6-7,12,14,20H,5,8-11,13H2,1-4H3. The summed E-state index contributed by atoms with van der Waals surface area (Å²) in [6.45, 7) is 8.80. The monoisotopic (exact) mass is 427 g/mol. The molecule has 0 radical (unpaired) electrons. The number of nitrogens with zero attached hydrogens (tertiary/aromatic N) is 2. The number of hydrogen-bond acceptors (Lipinski definition) is 6. The Balaban J connectivity index is 1.90. The lowest BCUT2D eigenvalue weighted by Crippen LogP contribution is -2.51. The number of sulfonamides is 1. The molecule has 2 amide bonds. The van der Waals surface area contributed by atoms with Crippen LogP contribution in [-0.2, 0) is 19.6 Å². The van der Waals surface area contributed by atoms with Crippen molar-refractivity contribution in [1.29, 1.82) is 0 Å².